The van der Waals surface area contributed by atoms with Crippen LogP contribution in [0.3, 0.4) is 0 Å². The predicted molar refractivity (Wildman–Crippen MR) is 84.1 cm³/mol. The van der Waals surface area contributed by atoms with E-state index in [4.69, 9.17) is 15.9 Å². The van der Waals surface area contributed by atoms with Crippen molar-refractivity contribution in [1.82, 2.24) is 0 Å². The largest absolute Gasteiger partial charge is 0.504 e. The van der Waals surface area contributed by atoms with E-state index >= 15 is 0 Å². The van der Waals surface area contributed by atoms with Gasteiger partial charge in [0, 0.05) is 0 Å². The van der Waals surface area contributed by atoms with Crippen LogP contribution in [0.1, 0.15) is 11.1 Å². The average molecular weight is 285 g/mol. The van der Waals surface area contributed by atoms with Crippen molar-refractivity contribution in [2.75, 3.05) is 6.54 Å². The van der Waals surface area contributed by atoms with Gasteiger partial charge in [0.15, 0.2) is 11.5 Å². The van der Waals surface area contributed by atoms with Crippen molar-refractivity contribution in [3.05, 3.63) is 65.7 Å². The molecule has 2 aromatic rings. The summed E-state index contributed by atoms with van der Waals surface area (Å²) in [5.41, 5.74) is 7.29. The predicted octanol–water partition coefficient (Wildman–Crippen LogP) is 2.50. The number of benzene rings is 2. The fourth-order valence-electron chi connectivity index (χ4n) is 1.61. The number of aromatic hydroxyl groups is 2. The molecule has 4 heteroatoms. The molecule has 0 aliphatic carbocycles. The van der Waals surface area contributed by atoms with Crippen LogP contribution in [-0.4, -0.2) is 23.0 Å². The van der Waals surface area contributed by atoms with Gasteiger partial charge in [-0.3, -0.25) is 4.79 Å². The molecule has 0 aromatic heterocycles. The lowest BCUT2D eigenvalue weighted by Gasteiger charge is -2.00. The fraction of sp³-hybridized carbons (Fsp3) is 0.118. The van der Waals surface area contributed by atoms with Gasteiger partial charge >= 0.3 is 0 Å². The summed E-state index contributed by atoms with van der Waals surface area (Å²) in [5, 5.41) is 18.0. The number of rotatable bonds is 4. The number of carbonyl (C=O) groups is 1. The maximum absolute atomic E-state index is 9.89. The van der Waals surface area contributed by atoms with E-state index in [9.17, 15) is 4.79 Å². The van der Waals surface area contributed by atoms with Crippen LogP contribution in [0.4, 0.5) is 0 Å². The van der Waals surface area contributed by atoms with Crippen LogP contribution in [-0.2, 0) is 11.2 Å². The molecule has 0 bridgehead atoms. The molecule has 0 unspecified atom stereocenters. The number of hydrogen-bond donors (Lipinski definition) is 3. The van der Waals surface area contributed by atoms with Gasteiger partial charge in [-0.25, -0.2) is 0 Å². The van der Waals surface area contributed by atoms with Crippen molar-refractivity contribution in [3.63, 3.8) is 0 Å². The molecule has 2 rings (SSSR count). The zero-order valence-corrected chi connectivity index (χ0v) is 11.6. The topological polar surface area (TPSA) is 83.6 Å². The summed E-state index contributed by atoms with van der Waals surface area (Å²) < 4.78 is 0. The number of nitrogens with two attached hydrogens (primary N) is 1. The molecule has 2 aromatic carbocycles. The Bertz CT molecular complexity index is 580. The van der Waals surface area contributed by atoms with E-state index in [0.717, 1.165) is 17.4 Å². The first-order chi connectivity index (χ1) is 10.2. The Morgan fingerprint density at radius 2 is 1.71 bits per heavy atom. The molecule has 0 heterocycles. The molecule has 0 fully saturated rings. The number of carbonyl (C=O) groups excluding carboxylic acids is 1. The van der Waals surface area contributed by atoms with Crippen LogP contribution in [0.2, 0.25) is 0 Å². The Morgan fingerprint density at radius 3 is 2.29 bits per heavy atom. The average Bonchev–Trinajstić information content (AvgIpc) is 2.51. The van der Waals surface area contributed by atoms with Gasteiger partial charge < -0.3 is 15.9 Å². The third kappa shape index (κ3) is 6.40. The van der Waals surface area contributed by atoms with Gasteiger partial charge in [0.05, 0.1) is 0 Å². The summed E-state index contributed by atoms with van der Waals surface area (Å²) in [6, 6.07) is 14.4. The molecular weight excluding hydrogens is 266 g/mol. The molecule has 21 heavy (non-hydrogen) atoms. The van der Waals surface area contributed by atoms with E-state index in [1.807, 2.05) is 30.3 Å². The van der Waals surface area contributed by atoms with Crippen molar-refractivity contribution in [1.29, 1.82) is 0 Å². The second-order valence-electron chi connectivity index (χ2n) is 4.27. The van der Waals surface area contributed by atoms with E-state index < -0.39 is 0 Å². The summed E-state index contributed by atoms with van der Waals surface area (Å²) in [4.78, 5) is 9.89. The molecule has 4 N–H and O–H groups in total. The SMILES string of the molecule is NCCc1ccc(O)c(O)c1.O=CC=Cc1ccccc1. The lowest BCUT2D eigenvalue weighted by Crippen LogP contribution is -2.02. The van der Waals surface area contributed by atoms with E-state index in [-0.39, 0.29) is 11.5 Å². The first-order valence-corrected chi connectivity index (χ1v) is 6.55. The van der Waals surface area contributed by atoms with Crippen molar-refractivity contribution in [2.24, 2.45) is 5.73 Å². The van der Waals surface area contributed by atoms with Crippen LogP contribution in [0.25, 0.3) is 6.08 Å². The normalized spacial score (nSPS) is 9.95. The Kier molecular flexibility index (Phi) is 7.32. The maximum atomic E-state index is 9.89. The standard InChI is InChI=1S/C9H8O.C8H11NO2/c10-8-4-7-9-5-2-1-3-6-9;9-4-3-6-1-2-7(10)8(11)5-6/h1-8H;1-2,5,10-11H,3-4,9H2. The molecule has 0 aliphatic heterocycles. The Morgan fingerprint density at radius 1 is 1.00 bits per heavy atom. The van der Waals surface area contributed by atoms with Gasteiger partial charge in [0.1, 0.15) is 6.29 Å². The second-order valence-corrected chi connectivity index (χ2v) is 4.27. The summed E-state index contributed by atoms with van der Waals surface area (Å²) in [6.45, 7) is 0.546. The number of phenols is 2. The van der Waals surface area contributed by atoms with Gasteiger partial charge in [0.2, 0.25) is 0 Å². The lowest BCUT2D eigenvalue weighted by atomic mass is 10.1. The monoisotopic (exact) mass is 285 g/mol. The molecule has 0 atom stereocenters. The van der Waals surface area contributed by atoms with E-state index in [2.05, 4.69) is 0 Å². The highest BCUT2D eigenvalue weighted by Crippen LogP contribution is 2.24. The first kappa shape index (κ1) is 16.5. The van der Waals surface area contributed by atoms with Gasteiger partial charge in [-0.15, -0.1) is 0 Å². The Labute approximate surface area is 124 Å². The minimum absolute atomic E-state index is 0.0871. The summed E-state index contributed by atoms with van der Waals surface area (Å²) in [6.07, 6.45) is 4.74. The highest BCUT2D eigenvalue weighted by atomic mass is 16.3. The van der Waals surface area contributed by atoms with Crippen LogP contribution in [0.5, 0.6) is 11.5 Å². The fourth-order valence-corrected chi connectivity index (χ4v) is 1.61. The zero-order chi connectivity index (χ0) is 15.5. The van der Waals surface area contributed by atoms with Gasteiger partial charge in [0.25, 0.3) is 0 Å². The second kappa shape index (κ2) is 9.34. The van der Waals surface area contributed by atoms with Crippen molar-refractivity contribution in [2.45, 2.75) is 6.42 Å². The van der Waals surface area contributed by atoms with Crippen molar-refractivity contribution in [3.8, 4) is 11.5 Å². The Hall–Kier alpha value is -2.59. The summed E-state index contributed by atoms with van der Waals surface area (Å²) in [5.74, 6) is -0.179. The molecule has 4 nitrogen and oxygen atoms in total. The number of allylic oxidation sites excluding steroid dienone is 1. The highest BCUT2D eigenvalue weighted by molar-refractivity contribution is 5.73. The molecule has 0 spiro atoms. The third-order valence-corrected chi connectivity index (χ3v) is 2.64. The van der Waals surface area contributed by atoms with Crippen LogP contribution in [0.15, 0.2) is 54.6 Å². The molecule has 0 saturated carbocycles. The molecule has 0 saturated heterocycles. The number of aldehydes is 1. The minimum atomic E-state index is -0.0919. The lowest BCUT2D eigenvalue weighted by molar-refractivity contribution is -0.104. The Balaban J connectivity index is 0.000000211. The number of hydrogen-bond acceptors (Lipinski definition) is 4. The van der Waals surface area contributed by atoms with Gasteiger partial charge in [-0.05, 0) is 42.3 Å². The summed E-state index contributed by atoms with van der Waals surface area (Å²) >= 11 is 0. The van der Waals surface area contributed by atoms with Crippen molar-refractivity contribution < 1.29 is 15.0 Å². The quantitative estimate of drug-likeness (QED) is 0.458. The first-order valence-electron chi connectivity index (χ1n) is 6.55. The molecular formula is C17H19NO3. The van der Waals surface area contributed by atoms with Crippen molar-refractivity contribution >= 4 is 12.4 Å². The molecule has 0 amide bonds. The van der Waals surface area contributed by atoms with E-state index in [1.165, 1.54) is 18.2 Å². The smallest absolute Gasteiger partial charge is 0.157 e. The zero-order valence-electron chi connectivity index (χ0n) is 11.6. The number of phenolic OH excluding ortho intramolecular Hbond substituents is 2. The van der Waals surface area contributed by atoms with Crippen LogP contribution >= 0.6 is 0 Å². The summed E-state index contributed by atoms with van der Waals surface area (Å²) in [7, 11) is 0. The molecule has 0 aliphatic rings. The minimum Gasteiger partial charge on any atom is -0.504 e. The highest BCUT2D eigenvalue weighted by Gasteiger charge is 1.98. The van der Waals surface area contributed by atoms with Crippen LogP contribution in [0, 0.1) is 0 Å². The molecule has 110 valence electrons. The van der Waals surface area contributed by atoms with Gasteiger partial charge in [-0.1, -0.05) is 42.5 Å². The van der Waals surface area contributed by atoms with Crippen LogP contribution < -0.4 is 5.73 Å². The maximum Gasteiger partial charge on any atom is 0.157 e. The third-order valence-electron chi connectivity index (χ3n) is 2.64. The van der Waals surface area contributed by atoms with Gasteiger partial charge in [-0.2, -0.15) is 0 Å². The van der Waals surface area contributed by atoms with E-state index in [0.29, 0.717) is 13.0 Å². The van der Waals surface area contributed by atoms with E-state index in [1.54, 1.807) is 12.1 Å². The molecule has 0 radical (unpaired) electrons.